The molecule has 4 heterocycles. The number of hydrogen-bond donors (Lipinski definition) is 2. The maximum Gasteiger partial charge on any atom is 0.302 e. The van der Waals surface area contributed by atoms with Crippen LogP contribution in [0.5, 0.6) is 0 Å². The summed E-state index contributed by atoms with van der Waals surface area (Å²) in [7, 11) is 0. The highest BCUT2D eigenvalue weighted by Gasteiger charge is 2.24. The van der Waals surface area contributed by atoms with Crippen molar-refractivity contribution in [3.8, 4) is 21.3 Å². The Morgan fingerprint density at radius 3 is 3.03 bits per heavy atom. The minimum absolute atomic E-state index is 0.144. The van der Waals surface area contributed by atoms with Crippen molar-refractivity contribution >= 4 is 28.5 Å². The van der Waals surface area contributed by atoms with Gasteiger partial charge in [-0.3, -0.25) is 13.8 Å². The molecule has 0 amide bonds. The fraction of sp³-hybridized carbons (Fsp3) is 0.412. The quantitative estimate of drug-likeness (QED) is 0.560. The van der Waals surface area contributed by atoms with Crippen LogP contribution in [0.4, 0.5) is 5.82 Å². The number of morpholine rings is 1. The standard InChI is InChI=1S/C17H20N6O4S2/c1-10-9-26-4-3-23(10)15-5-13(11(2)27-29(24)25)21-16(22-15)14-8-18-17(28-14)12-6-19-20-7-12/h5-8,10-11H,3-4,9H2,1-2H3,(H,19,20)(H,24,25)/t10-,11?/m0/s1. The molecule has 1 saturated heterocycles. The lowest BCUT2D eigenvalue weighted by Crippen LogP contribution is -2.44. The summed E-state index contributed by atoms with van der Waals surface area (Å²) in [5.74, 6) is 1.21. The van der Waals surface area contributed by atoms with E-state index in [0.29, 0.717) is 31.3 Å². The van der Waals surface area contributed by atoms with Crippen molar-refractivity contribution in [2.45, 2.75) is 26.0 Å². The smallest absolute Gasteiger partial charge is 0.302 e. The molecule has 0 saturated carbocycles. The highest BCUT2D eigenvalue weighted by molar-refractivity contribution is 7.74. The molecule has 0 spiro atoms. The third kappa shape index (κ3) is 4.51. The summed E-state index contributed by atoms with van der Waals surface area (Å²) in [5, 5.41) is 7.52. The molecule has 1 fully saturated rings. The van der Waals surface area contributed by atoms with Gasteiger partial charge in [0.25, 0.3) is 0 Å². The molecule has 3 aromatic heterocycles. The maximum absolute atomic E-state index is 11.1. The number of ether oxygens (including phenoxy) is 1. The Labute approximate surface area is 173 Å². The molecule has 0 bridgehead atoms. The van der Waals surface area contributed by atoms with E-state index in [-0.39, 0.29) is 6.04 Å². The topological polar surface area (TPSA) is 126 Å². The molecule has 1 aliphatic rings. The second-order valence-corrected chi connectivity index (χ2v) is 8.22. The van der Waals surface area contributed by atoms with Gasteiger partial charge in [-0.1, -0.05) is 0 Å². The van der Waals surface area contributed by atoms with Crippen molar-refractivity contribution in [2.75, 3.05) is 24.7 Å². The van der Waals surface area contributed by atoms with E-state index in [1.807, 2.05) is 0 Å². The largest absolute Gasteiger partial charge is 0.377 e. The van der Waals surface area contributed by atoms with Crippen molar-refractivity contribution in [3.63, 3.8) is 0 Å². The van der Waals surface area contributed by atoms with Gasteiger partial charge in [-0.25, -0.2) is 15.0 Å². The number of H-pyrrole nitrogens is 1. The third-order valence-electron chi connectivity index (χ3n) is 4.51. The number of aromatic nitrogens is 5. The monoisotopic (exact) mass is 436 g/mol. The molecule has 2 unspecified atom stereocenters. The number of hydrogen-bond acceptors (Lipinski definition) is 9. The summed E-state index contributed by atoms with van der Waals surface area (Å²) in [6.07, 6.45) is 4.51. The lowest BCUT2D eigenvalue weighted by Gasteiger charge is -2.34. The first-order chi connectivity index (χ1) is 14.0. The van der Waals surface area contributed by atoms with Gasteiger partial charge in [-0.05, 0) is 13.8 Å². The molecule has 10 nitrogen and oxygen atoms in total. The summed E-state index contributed by atoms with van der Waals surface area (Å²) < 4.78 is 30.8. The van der Waals surface area contributed by atoms with E-state index in [1.54, 1.807) is 31.6 Å². The lowest BCUT2D eigenvalue weighted by atomic mass is 10.2. The molecule has 12 heteroatoms. The zero-order chi connectivity index (χ0) is 20.4. The first-order valence-corrected chi connectivity index (χ1v) is 10.8. The van der Waals surface area contributed by atoms with Gasteiger partial charge in [0, 0.05) is 30.6 Å². The number of aromatic amines is 1. The van der Waals surface area contributed by atoms with Crippen LogP contribution in [-0.2, 0) is 20.3 Å². The van der Waals surface area contributed by atoms with E-state index < -0.39 is 17.5 Å². The van der Waals surface area contributed by atoms with Crippen molar-refractivity contribution < 1.29 is 17.7 Å². The van der Waals surface area contributed by atoms with Crippen molar-refractivity contribution in [1.82, 2.24) is 25.1 Å². The molecule has 0 aromatic carbocycles. The number of anilines is 1. The average molecular weight is 437 g/mol. The van der Waals surface area contributed by atoms with Crippen molar-refractivity contribution in [2.24, 2.45) is 0 Å². The van der Waals surface area contributed by atoms with E-state index >= 15 is 0 Å². The predicted molar refractivity (Wildman–Crippen MR) is 109 cm³/mol. The molecule has 154 valence electrons. The van der Waals surface area contributed by atoms with Gasteiger partial charge < -0.3 is 9.64 Å². The van der Waals surface area contributed by atoms with Gasteiger partial charge in [-0.2, -0.15) is 9.31 Å². The van der Waals surface area contributed by atoms with Crippen molar-refractivity contribution in [3.05, 3.63) is 30.4 Å². The van der Waals surface area contributed by atoms with E-state index in [4.69, 9.17) is 18.5 Å². The summed E-state index contributed by atoms with van der Waals surface area (Å²) in [5.41, 5.74) is 1.40. The third-order valence-corrected chi connectivity index (χ3v) is 6.00. The van der Waals surface area contributed by atoms with E-state index in [2.05, 4.69) is 32.0 Å². The van der Waals surface area contributed by atoms with Crippen LogP contribution in [0, 0.1) is 0 Å². The minimum atomic E-state index is -2.40. The fourth-order valence-electron chi connectivity index (χ4n) is 3.04. The number of rotatable bonds is 6. The van der Waals surface area contributed by atoms with Crippen LogP contribution < -0.4 is 4.90 Å². The van der Waals surface area contributed by atoms with Gasteiger partial charge >= 0.3 is 11.4 Å². The molecule has 2 N–H and O–H groups in total. The summed E-state index contributed by atoms with van der Waals surface area (Å²) in [4.78, 5) is 16.7. The summed E-state index contributed by atoms with van der Waals surface area (Å²) in [6.45, 7) is 5.65. The van der Waals surface area contributed by atoms with Crippen LogP contribution in [0.15, 0.2) is 24.7 Å². The first-order valence-electron chi connectivity index (χ1n) is 8.98. The Balaban J connectivity index is 1.74. The van der Waals surface area contributed by atoms with Crippen LogP contribution in [0.25, 0.3) is 21.3 Å². The number of nitrogens with zero attached hydrogens (tertiary/aromatic N) is 5. The molecule has 1 aliphatic heterocycles. The fourth-order valence-corrected chi connectivity index (χ4v) is 4.21. The zero-order valence-corrected chi connectivity index (χ0v) is 17.4. The van der Waals surface area contributed by atoms with E-state index in [0.717, 1.165) is 21.3 Å². The van der Waals surface area contributed by atoms with Gasteiger partial charge in [0.1, 0.15) is 16.9 Å². The van der Waals surface area contributed by atoms with Crippen LogP contribution in [0.1, 0.15) is 25.6 Å². The van der Waals surface area contributed by atoms with Gasteiger partial charge in [-0.15, -0.1) is 11.3 Å². The summed E-state index contributed by atoms with van der Waals surface area (Å²) >= 11 is -0.951. The molecule has 29 heavy (non-hydrogen) atoms. The average Bonchev–Trinajstić information content (AvgIpc) is 3.39. The van der Waals surface area contributed by atoms with Gasteiger partial charge in [0.05, 0.1) is 36.0 Å². The van der Waals surface area contributed by atoms with E-state index in [9.17, 15) is 4.21 Å². The second kappa shape index (κ2) is 8.63. The molecule has 3 atom stereocenters. The molecular weight excluding hydrogens is 416 g/mol. The Morgan fingerprint density at radius 1 is 1.45 bits per heavy atom. The Bertz CT molecular complexity index is 996. The number of nitrogens with one attached hydrogen (secondary N) is 1. The highest BCUT2D eigenvalue weighted by Crippen LogP contribution is 2.32. The van der Waals surface area contributed by atoms with Gasteiger partial charge in [0.15, 0.2) is 5.82 Å². The molecule has 4 rings (SSSR count). The van der Waals surface area contributed by atoms with Crippen LogP contribution in [0.3, 0.4) is 0 Å². The van der Waals surface area contributed by atoms with Crippen LogP contribution in [-0.4, -0.2) is 59.7 Å². The van der Waals surface area contributed by atoms with Crippen LogP contribution >= 0.6 is 11.3 Å². The Kier molecular flexibility index (Phi) is 5.96. The minimum Gasteiger partial charge on any atom is -0.377 e. The second-order valence-electron chi connectivity index (χ2n) is 6.56. The first kappa shape index (κ1) is 20.0. The SMILES string of the molecule is CC(OS(=O)O)c1cc(N2CCOC[C@@H]2C)nc(-c2cnc(-c3cn[nH]c3)s2)n1. The van der Waals surface area contributed by atoms with E-state index in [1.165, 1.54) is 11.3 Å². The maximum atomic E-state index is 11.1. The molecular formula is C17H20N6O4S2. The zero-order valence-electron chi connectivity index (χ0n) is 15.8. The summed E-state index contributed by atoms with van der Waals surface area (Å²) in [6, 6.07) is 1.94. The highest BCUT2D eigenvalue weighted by atomic mass is 32.2. The van der Waals surface area contributed by atoms with Crippen LogP contribution in [0.2, 0.25) is 0 Å². The molecule has 3 aromatic rings. The molecule has 0 radical (unpaired) electrons. The number of thiazole rings is 1. The van der Waals surface area contributed by atoms with Crippen molar-refractivity contribution in [1.29, 1.82) is 0 Å². The predicted octanol–water partition coefficient (Wildman–Crippen LogP) is 2.43. The normalized spacial score (nSPS) is 19.3. The Morgan fingerprint density at radius 2 is 2.31 bits per heavy atom. The Hall–Kier alpha value is -2.25. The van der Waals surface area contributed by atoms with Gasteiger partial charge in [0.2, 0.25) is 0 Å². The lowest BCUT2D eigenvalue weighted by molar-refractivity contribution is 0.0985. The molecule has 0 aliphatic carbocycles.